The Balaban J connectivity index is 1.54. The van der Waals surface area contributed by atoms with Crippen LogP contribution >= 0.6 is 23.4 Å². The molecule has 0 spiro atoms. The van der Waals surface area contributed by atoms with Crippen molar-refractivity contribution in [3.8, 4) is 0 Å². The van der Waals surface area contributed by atoms with Crippen LogP contribution in [-0.4, -0.2) is 26.7 Å². The average molecular weight is 401 g/mol. The number of aromatic nitrogens is 2. The molecule has 4 rings (SSSR count). The fourth-order valence-corrected chi connectivity index (χ4v) is 3.86. The van der Waals surface area contributed by atoms with E-state index in [0.29, 0.717) is 26.8 Å². The Morgan fingerprint density at radius 3 is 2.70 bits per heavy atom. The minimum atomic E-state index is -0.689. The van der Waals surface area contributed by atoms with Crippen LogP contribution in [0.25, 0.3) is 10.9 Å². The number of fused-ring (bicyclic) bond motifs is 2. The fourth-order valence-electron chi connectivity index (χ4n) is 2.70. The van der Waals surface area contributed by atoms with Crippen molar-refractivity contribution in [1.29, 1.82) is 0 Å². The number of anilines is 1. The Morgan fingerprint density at radius 2 is 1.93 bits per heavy atom. The lowest BCUT2D eigenvalue weighted by atomic mass is 10.2. The van der Waals surface area contributed by atoms with Crippen molar-refractivity contribution in [2.45, 2.75) is 16.8 Å². The number of thioether (sulfide) groups is 1. The van der Waals surface area contributed by atoms with E-state index in [-0.39, 0.29) is 17.9 Å². The van der Waals surface area contributed by atoms with Gasteiger partial charge in [0.25, 0.3) is 11.5 Å². The molecule has 27 heavy (non-hydrogen) atoms. The van der Waals surface area contributed by atoms with E-state index in [1.165, 1.54) is 0 Å². The fraction of sp³-hybridized carbons (Fsp3) is 0.111. The smallest absolute Gasteiger partial charge is 0.281 e. The molecular formula is C18H13ClN4O3S. The summed E-state index contributed by atoms with van der Waals surface area (Å²) in [6, 6.07) is 13.6. The largest absolute Gasteiger partial charge is 0.326 e. The maximum absolute atomic E-state index is 12.5. The molecule has 3 aromatic rings. The highest BCUT2D eigenvalue weighted by Gasteiger charge is 2.31. The van der Waals surface area contributed by atoms with Crippen molar-refractivity contribution in [1.82, 2.24) is 9.66 Å². The molecule has 0 fully saturated rings. The summed E-state index contributed by atoms with van der Waals surface area (Å²) in [6.07, 6.45) is -0.0537. The second-order valence-electron chi connectivity index (χ2n) is 5.89. The summed E-state index contributed by atoms with van der Waals surface area (Å²) < 4.78 is 1.13. The van der Waals surface area contributed by atoms with Crippen molar-refractivity contribution in [3.63, 3.8) is 0 Å². The zero-order valence-corrected chi connectivity index (χ0v) is 15.4. The van der Waals surface area contributed by atoms with Gasteiger partial charge in [-0.3, -0.25) is 19.8 Å². The van der Waals surface area contributed by atoms with E-state index in [2.05, 4.69) is 15.7 Å². The maximum atomic E-state index is 12.5. The van der Waals surface area contributed by atoms with Gasteiger partial charge in [-0.25, -0.2) is 4.98 Å². The van der Waals surface area contributed by atoms with Gasteiger partial charge in [0, 0.05) is 17.1 Å². The number of nitrogens with one attached hydrogen (secondary N) is 2. The molecule has 2 N–H and O–H groups in total. The van der Waals surface area contributed by atoms with Crippen LogP contribution in [0.3, 0.4) is 0 Å². The molecule has 7 nitrogen and oxygen atoms in total. The molecular weight excluding hydrogens is 388 g/mol. The molecule has 1 aromatic heterocycles. The quantitative estimate of drug-likeness (QED) is 0.659. The molecule has 9 heteroatoms. The first-order chi connectivity index (χ1) is 13.0. The maximum Gasteiger partial charge on any atom is 0.281 e. The number of benzene rings is 2. The molecule has 2 heterocycles. The van der Waals surface area contributed by atoms with Crippen LogP contribution in [0.4, 0.5) is 5.69 Å². The second kappa shape index (κ2) is 7.05. The molecule has 2 aromatic carbocycles. The van der Waals surface area contributed by atoms with Crippen molar-refractivity contribution < 1.29 is 9.59 Å². The van der Waals surface area contributed by atoms with E-state index in [4.69, 9.17) is 11.6 Å². The standard InChI is InChI=1S/C18H13ClN4O3S/c19-10-5-7-11(8-6-10)20-15(24)9-14-16(25)22-23-17(26)12-3-1-2-4-13(12)21-18(23)27-14/h1-8,14H,9H2,(H,20,24)(H,22,25)/t14-/m0/s1. The van der Waals surface area contributed by atoms with Crippen molar-refractivity contribution >= 4 is 51.8 Å². The summed E-state index contributed by atoms with van der Waals surface area (Å²) in [5, 5.41) is 3.37. The zero-order valence-electron chi connectivity index (χ0n) is 13.8. The van der Waals surface area contributed by atoms with E-state index in [0.717, 1.165) is 16.4 Å². The van der Waals surface area contributed by atoms with E-state index >= 15 is 0 Å². The van der Waals surface area contributed by atoms with E-state index in [9.17, 15) is 14.4 Å². The number of carbonyl (C=O) groups is 2. The molecule has 1 aliphatic rings. The molecule has 1 aliphatic heterocycles. The van der Waals surface area contributed by atoms with Crippen LogP contribution in [0, 0.1) is 0 Å². The van der Waals surface area contributed by atoms with Crippen LogP contribution < -0.4 is 16.3 Å². The van der Waals surface area contributed by atoms with Crippen LogP contribution in [-0.2, 0) is 9.59 Å². The highest BCUT2D eigenvalue weighted by Crippen LogP contribution is 2.28. The van der Waals surface area contributed by atoms with Gasteiger partial charge in [-0.1, -0.05) is 35.5 Å². The Hall–Kier alpha value is -2.84. The third-order valence-electron chi connectivity index (χ3n) is 4.01. The van der Waals surface area contributed by atoms with Crippen LogP contribution in [0.1, 0.15) is 6.42 Å². The molecule has 0 saturated heterocycles. The first kappa shape index (κ1) is 17.6. The minimum Gasteiger partial charge on any atom is -0.326 e. The highest BCUT2D eigenvalue weighted by atomic mass is 35.5. The summed E-state index contributed by atoms with van der Waals surface area (Å²) in [6.45, 7) is 0. The summed E-state index contributed by atoms with van der Waals surface area (Å²) >= 11 is 6.91. The SMILES string of the molecule is O=C(C[C@@H]1Sc2nc3ccccc3c(=O)n2NC1=O)Nc1ccc(Cl)cc1. The first-order valence-corrected chi connectivity index (χ1v) is 9.32. The molecule has 0 saturated carbocycles. The molecule has 2 amide bonds. The Kier molecular flexibility index (Phi) is 4.59. The first-order valence-electron chi connectivity index (χ1n) is 8.06. The lowest BCUT2D eigenvalue weighted by molar-refractivity contribution is -0.121. The lowest BCUT2D eigenvalue weighted by Crippen LogP contribution is -2.44. The predicted molar refractivity (Wildman–Crippen MR) is 105 cm³/mol. The summed E-state index contributed by atoms with van der Waals surface area (Å²) in [5.41, 5.74) is 3.32. The van der Waals surface area contributed by atoms with Gasteiger partial charge < -0.3 is 5.32 Å². The number of nitrogens with zero attached hydrogens (tertiary/aromatic N) is 2. The molecule has 136 valence electrons. The Morgan fingerprint density at radius 1 is 1.19 bits per heavy atom. The number of carbonyl (C=O) groups excluding carboxylic acids is 2. The topological polar surface area (TPSA) is 93.1 Å². The van der Waals surface area contributed by atoms with E-state index in [1.807, 2.05) is 0 Å². The molecule has 1 atom stereocenters. The summed E-state index contributed by atoms with van der Waals surface area (Å²) in [5.74, 6) is -0.737. The number of hydrogen-bond acceptors (Lipinski definition) is 5. The van der Waals surface area contributed by atoms with Crippen molar-refractivity contribution in [2.75, 3.05) is 10.7 Å². The lowest BCUT2D eigenvalue weighted by Gasteiger charge is -2.24. The van der Waals surface area contributed by atoms with Gasteiger partial charge in [0.2, 0.25) is 5.91 Å². The van der Waals surface area contributed by atoms with E-state index in [1.54, 1.807) is 48.5 Å². The summed E-state index contributed by atoms with van der Waals surface area (Å²) in [7, 11) is 0. The monoisotopic (exact) mass is 400 g/mol. The Labute approximate surface area is 162 Å². The normalized spacial score (nSPS) is 15.9. The number of halogens is 1. The molecule has 0 radical (unpaired) electrons. The number of hydrogen-bond donors (Lipinski definition) is 2. The highest BCUT2D eigenvalue weighted by molar-refractivity contribution is 8.00. The molecule has 0 aliphatic carbocycles. The van der Waals surface area contributed by atoms with Gasteiger partial charge >= 0.3 is 0 Å². The van der Waals surface area contributed by atoms with Gasteiger partial charge in [0.15, 0.2) is 5.16 Å². The van der Waals surface area contributed by atoms with Gasteiger partial charge in [0.05, 0.1) is 10.9 Å². The number of para-hydroxylation sites is 1. The third kappa shape index (κ3) is 3.54. The van der Waals surface area contributed by atoms with E-state index < -0.39 is 11.2 Å². The molecule has 0 unspecified atom stereocenters. The van der Waals surface area contributed by atoms with Crippen molar-refractivity contribution in [2.24, 2.45) is 0 Å². The van der Waals surface area contributed by atoms with Gasteiger partial charge in [0.1, 0.15) is 5.25 Å². The van der Waals surface area contributed by atoms with Crippen LogP contribution in [0.2, 0.25) is 5.02 Å². The number of amides is 2. The Bertz CT molecular complexity index is 1110. The predicted octanol–water partition coefficient (Wildman–Crippen LogP) is 2.62. The van der Waals surface area contributed by atoms with Gasteiger partial charge in [-0.15, -0.1) is 0 Å². The molecule has 0 bridgehead atoms. The zero-order chi connectivity index (χ0) is 19.0. The van der Waals surface area contributed by atoms with Crippen LogP contribution in [0.5, 0.6) is 0 Å². The summed E-state index contributed by atoms with van der Waals surface area (Å²) in [4.78, 5) is 41.6. The van der Waals surface area contributed by atoms with Gasteiger partial charge in [-0.05, 0) is 36.4 Å². The van der Waals surface area contributed by atoms with Crippen molar-refractivity contribution in [3.05, 3.63) is 63.9 Å². The minimum absolute atomic E-state index is 0.0537. The van der Waals surface area contributed by atoms with Gasteiger partial charge in [-0.2, -0.15) is 4.68 Å². The average Bonchev–Trinajstić information content (AvgIpc) is 2.65. The second-order valence-corrected chi connectivity index (χ2v) is 7.50. The van der Waals surface area contributed by atoms with Crippen LogP contribution in [0.15, 0.2) is 58.5 Å². The number of rotatable bonds is 3. The third-order valence-corrected chi connectivity index (χ3v) is 5.41.